The van der Waals surface area contributed by atoms with Crippen molar-refractivity contribution >= 4 is 17.4 Å². The van der Waals surface area contributed by atoms with Gasteiger partial charge in [-0.25, -0.2) is 4.98 Å². The Morgan fingerprint density at radius 2 is 1.74 bits per heavy atom. The van der Waals surface area contributed by atoms with Gasteiger partial charge < -0.3 is 15.1 Å². The molecule has 1 saturated heterocycles. The Balaban J connectivity index is 1.13. The third kappa shape index (κ3) is 4.17. The lowest BCUT2D eigenvalue weighted by Crippen LogP contribution is -2.54. The van der Waals surface area contributed by atoms with Gasteiger partial charge in [0.1, 0.15) is 5.82 Å². The van der Waals surface area contributed by atoms with E-state index in [1.54, 1.807) is 0 Å². The maximum absolute atomic E-state index is 13.2. The van der Waals surface area contributed by atoms with E-state index in [0.29, 0.717) is 6.54 Å². The third-order valence-electron chi connectivity index (χ3n) is 7.17. The minimum absolute atomic E-state index is 0.00178. The van der Waals surface area contributed by atoms with E-state index in [1.807, 2.05) is 34.8 Å². The van der Waals surface area contributed by atoms with Crippen LogP contribution in [0.4, 0.5) is 5.82 Å². The molecule has 1 N–H and O–H groups in total. The first-order chi connectivity index (χ1) is 17.2. The zero-order chi connectivity index (χ0) is 23.8. The number of carbonyl (C=O) groups excluding carboxylic acids is 1. The number of nitrogens with one attached hydrogen (secondary N) is 1. The topological polar surface area (TPSA) is 65.8 Å². The van der Waals surface area contributed by atoms with Crippen molar-refractivity contribution in [2.45, 2.75) is 19.4 Å². The fraction of sp³-hybridized carbons (Fsp3) is 0.321. The number of anilines is 1. The summed E-state index contributed by atoms with van der Waals surface area (Å²) in [4.78, 5) is 22.2. The number of hydrogen-bond acceptors (Lipinski definition) is 5. The van der Waals surface area contributed by atoms with E-state index < -0.39 is 0 Å². The molecule has 0 saturated carbocycles. The van der Waals surface area contributed by atoms with Crippen molar-refractivity contribution < 1.29 is 4.79 Å². The zero-order valence-electron chi connectivity index (χ0n) is 20.0. The highest BCUT2D eigenvalue weighted by atomic mass is 16.2. The summed E-state index contributed by atoms with van der Waals surface area (Å²) in [6.45, 7) is 3.94. The standard InChI is InChI=1S/C28H30N6O/c1-32(17-20-7-9-22(10-8-20)21-5-3-2-4-6-21)28(35)23-18-33(19-23)27-24-11-14-29-15-12-25(24)31-26-13-16-30-34(26)27/h2-10,13,16,23,29H,11-12,14-15,17-19H2,1H3. The molecule has 7 heteroatoms. The maximum Gasteiger partial charge on any atom is 0.229 e. The monoisotopic (exact) mass is 466 g/mol. The number of benzene rings is 2. The summed E-state index contributed by atoms with van der Waals surface area (Å²) in [7, 11) is 1.91. The minimum atomic E-state index is 0.00178. The van der Waals surface area contributed by atoms with Crippen molar-refractivity contribution in [1.82, 2.24) is 24.8 Å². The van der Waals surface area contributed by atoms with E-state index >= 15 is 0 Å². The van der Waals surface area contributed by atoms with Gasteiger partial charge >= 0.3 is 0 Å². The van der Waals surface area contributed by atoms with Gasteiger partial charge in [-0.3, -0.25) is 4.79 Å². The highest BCUT2D eigenvalue weighted by Gasteiger charge is 2.37. The first-order valence-corrected chi connectivity index (χ1v) is 12.4. The molecule has 178 valence electrons. The van der Waals surface area contributed by atoms with Gasteiger partial charge in [0.05, 0.1) is 17.8 Å². The molecule has 0 bridgehead atoms. The molecule has 2 aromatic heterocycles. The van der Waals surface area contributed by atoms with Gasteiger partial charge in [-0.15, -0.1) is 0 Å². The Morgan fingerprint density at radius 3 is 2.54 bits per heavy atom. The van der Waals surface area contributed by atoms with E-state index in [-0.39, 0.29) is 11.8 Å². The number of amides is 1. The molecule has 7 nitrogen and oxygen atoms in total. The molecule has 0 radical (unpaired) electrons. The van der Waals surface area contributed by atoms with Crippen molar-refractivity contribution in [3.63, 3.8) is 0 Å². The predicted molar refractivity (Wildman–Crippen MR) is 137 cm³/mol. The molecule has 6 rings (SSSR count). The number of carbonyl (C=O) groups is 1. The summed E-state index contributed by atoms with van der Waals surface area (Å²) in [6.07, 6.45) is 3.66. The van der Waals surface area contributed by atoms with Gasteiger partial charge in [-0.05, 0) is 29.7 Å². The van der Waals surface area contributed by atoms with Gasteiger partial charge in [0, 0.05) is 51.3 Å². The van der Waals surface area contributed by atoms with E-state index in [2.05, 4.69) is 63.8 Å². The fourth-order valence-corrected chi connectivity index (χ4v) is 5.24. The van der Waals surface area contributed by atoms with E-state index in [9.17, 15) is 4.79 Å². The van der Waals surface area contributed by atoms with Crippen molar-refractivity contribution in [3.8, 4) is 11.1 Å². The van der Waals surface area contributed by atoms with Crippen LogP contribution >= 0.6 is 0 Å². The van der Waals surface area contributed by atoms with E-state index in [1.165, 1.54) is 16.7 Å². The van der Waals surface area contributed by atoms with Gasteiger partial charge in [-0.1, -0.05) is 54.6 Å². The summed E-state index contributed by atoms with van der Waals surface area (Å²) in [5.74, 6) is 1.32. The molecule has 2 aliphatic rings. The number of hydrogen-bond donors (Lipinski definition) is 1. The van der Waals surface area contributed by atoms with Crippen molar-refractivity contribution in [1.29, 1.82) is 0 Å². The number of rotatable bonds is 5. The van der Waals surface area contributed by atoms with Crippen LogP contribution in [0.2, 0.25) is 0 Å². The largest absolute Gasteiger partial charge is 0.354 e. The molecular formula is C28H30N6O. The number of aromatic nitrogens is 3. The van der Waals surface area contributed by atoms with Crippen LogP contribution < -0.4 is 10.2 Å². The average Bonchev–Trinajstić information content (AvgIpc) is 3.20. The Labute approximate surface area is 205 Å². The summed E-state index contributed by atoms with van der Waals surface area (Å²) in [5, 5.41) is 8.02. The first kappa shape index (κ1) is 21.8. The third-order valence-corrected chi connectivity index (χ3v) is 7.17. The number of nitrogens with zero attached hydrogens (tertiary/aromatic N) is 5. The van der Waals surface area contributed by atoms with Gasteiger partial charge in [-0.2, -0.15) is 9.61 Å². The molecule has 0 spiro atoms. The Hall–Kier alpha value is -3.71. The fourth-order valence-electron chi connectivity index (χ4n) is 5.24. The second kappa shape index (κ2) is 9.15. The molecule has 4 aromatic rings. The van der Waals surface area contributed by atoms with Crippen LogP contribution in [0.25, 0.3) is 16.8 Å². The van der Waals surface area contributed by atoms with Crippen LogP contribution in [0.1, 0.15) is 16.8 Å². The van der Waals surface area contributed by atoms with Gasteiger partial charge in [0.25, 0.3) is 0 Å². The van der Waals surface area contributed by atoms with Crippen molar-refractivity contribution in [2.24, 2.45) is 5.92 Å². The smallest absolute Gasteiger partial charge is 0.229 e. The Morgan fingerprint density at radius 1 is 1.00 bits per heavy atom. The normalized spacial score (nSPS) is 16.0. The lowest BCUT2D eigenvalue weighted by molar-refractivity contribution is -0.135. The molecule has 35 heavy (non-hydrogen) atoms. The Kier molecular flexibility index (Phi) is 5.70. The van der Waals surface area contributed by atoms with E-state index in [4.69, 9.17) is 4.98 Å². The highest BCUT2D eigenvalue weighted by molar-refractivity contribution is 5.82. The van der Waals surface area contributed by atoms with Crippen molar-refractivity contribution in [3.05, 3.63) is 83.7 Å². The van der Waals surface area contributed by atoms with Crippen LogP contribution in [-0.4, -0.2) is 58.6 Å². The van der Waals surface area contributed by atoms with Crippen LogP contribution in [0.5, 0.6) is 0 Å². The van der Waals surface area contributed by atoms with Gasteiger partial charge in [0.15, 0.2) is 5.65 Å². The molecule has 0 unspecified atom stereocenters. The number of fused-ring (bicyclic) bond motifs is 2. The molecule has 1 amide bonds. The second-order valence-corrected chi connectivity index (χ2v) is 9.57. The molecule has 4 heterocycles. The van der Waals surface area contributed by atoms with E-state index in [0.717, 1.165) is 61.7 Å². The van der Waals surface area contributed by atoms with Crippen LogP contribution in [0.3, 0.4) is 0 Å². The molecule has 2 aromatic carbocycles. The lowest BCUT2D eigenvalue weighted by atomic mass is 9.96. The summed E-state index contributed by atoms with van der Waals surface area (Å²) < 4.78 is 1.95. The lowest BCUT2D eigenvalue weighted by Gasteiger charge is -2.42. The quantitative estimate of drug-likeness (QED) is 0.489. The highest BCUT2D eigenvalue weighted by Crippen LogP contribution is 2.32. The SMILES string of the molecule is CN(Cc1ccc(-c2ccccc2)cc1)C(=O)C1CN(c2c3c(nc4ccnn24)CCNCC3)C1. The van der Waals surface area contributed by atoms with Crippen LogP contribution in [0.15, 0.2) is 66.9 Å². The Bertz CT molecular complexity index is 1340. The van der Waals surface area contributed by atoms with Crippen LogP contribution in [-0.2, 0) is 24.2 Å². The second-order valence-electron chi connectivity index (χ2n) is 9.57. The average molecular weight is 467 g/mol. The van der Waals surface area contributed by atoms with Crippen LogP contribution in [0, 0.1) is 5.92 Å². The molecule has 0 atom stereocenters. The maximum atomic E-state index is 13.2. The van der Waals surface area contributed by atoms with Gasteiger partial charge in [0.2, 0.25) is 5.91 Å². The minimum Gasteiger partial charge on any atom is -0.354 e. The summed E-state index contributed by atoms with van der Waals surface area (Å²) >= 11 is 0. The first-order valence-electron chi connectivity index (χ1n) is 12.4. The molecule has 0 aliphatic carbocycles. The zero-order valence-corrected chi connectivity index (χ0v) is 20.0. The molecular weight excluding hydrogens is 436 g/mol. The van der Waals surface area contributed by atoms with Crippen molar-refractivity contribution in [2.75, 3.05) is 38.1 Å². The summed E-state index contributed by atoms with van der Waals surface area (Å²) in [6, 6.07) is 20.8. The predicted octanol–water partition coefficient (Wildman–Crippen LogP) is 3.18. The summed E-state index contributed by atoms with van der Waals surface area (Å²) in [5.41, 5.74) is 6.84. The molecule has 2 aliphatic heterocycles. The molecule has 1 fully saturated rings.